The molecule has 1 amide bonds. The number of nitrogens with zero attached hydrogens (tertiary/aromatic N) is 2. The highest BCUT2D eigenvalue weighted by molar-refractivity contribution is 5.64. The fraction of sp³-hybridized carbons (Fsp3) is 0.500. The molecule has 0 spiro atoms. The molecule has 0 unspecified atom stereocenters. The zero-order valence-corrected chi connectivity index (χ0v) is 9.95. The number of hydrogen-bond acceptors (Lipinski definition) is 1. The van der Waals surface area contributed by atoms with Crippen molar-refractivity contribution in [2.45, 2.75) is 27.7 Å². The summed E-state index contributed by atoms with van der Waals surface area (Å²) in [6, 6.07) is 2.11. The fourth-order valence-corrected chi connectivity index (χ4v) is 1.68. The molecule has 82 valence electrons. The molecule has 1 rings (SSSR count). The lowest BCUT2D eigenvalue weighted by Gasteiger charge is -2.11. The van der Waals surface area contributed by atoms with Crippen LogP contribution in [0.15, 0.2) is 18.5 Å². The van der Waals surface area contributed by atoms with E-state index in [1.807, 2.05) is 40.1 Å². The third-order valence-electron chi connectivity index (χ3n) is 2.40. The standard InChI is InChI=1S/C12H19N2O/c1-5-13(6-2)12(15)14-8-10(3)7-11(4)9-14/h7-9H,5-6H2,1-4H3/q+1. The summed E-state index contributed by atoms with van der Waals surface area (Å²) in [5.74, 6) is 0. The van der Waals surface area contributed by atoms with Gasteiger partial charge in [-0.3, -0.25) is 0 Å². The number of carbonyl (C=O) groups excluding carboxylic acids is 1. The Morgan fingerprint density at radius 2 is 1.67 bits per heavy atom. The zero-order chi connectivity index (χ0) is 11.4. The van der Waals surface area contributed by atoms with Gasteiger partial charge in [0.2, 0.25) is 0 Å². The topological polar surface area (TPSA) is 24.2 Å². The molecule has 3 nitrogen and oxygen atoms in total. The van der Waals surface area contributed by atoms with Crippen molar-refractivity contribution in [1.29, 1.82) is 0 Å². The second kappa shape index (κ2) is 4.91. The van der Waals surface area contributed by atoms with Crippen molar-refractivity contribution < 1.29 is 9.36 Å². The van der Waals surface area contributed by atoms with Crippen LogP contribution in [0, 0.1) is 13.8 Å². The maximum atomic E-state index is 12.0. The molecular formula is C12H19N2O+. The highest BCUT2D eigenvalue weighted by atomic mass is 16.2. The summed E-state index contributed by atoms with van der Waals surface area (Å²) in [7, 11) is 0. The molecular weight excluding hydrogens is 188 g/mol. The van der Waals surface area contributed by atoms with Crippen LogP contribution in [0.1, 0.15) is 25.0 Å². The first-order valence-corrected chi connectivity index (χ1v) is 5.37. The Labute approximate surface area is 91.3 Å². The monoisotopic (exact) mass is 207 g/mol. The van der Waals surface area contributed by atoms with Gasteiger partial charge < -0.3 is 0 Å². The Hall–Kier alpha value is -1.38. The van der Waals surface area contributed by atoms with Crippen LogP contribution in [-0.2, 0) is 0 Å². The summed E-state index contributed by atoms with van der Waals surface area (Å²) in [6.45, 7) is 9.47. The summed E-state index contributed by atoms with van der Waals surface area (Å²) >= 11 is 0. The number of aryl methyl sites for hydroxylation is 2. The molecule has 0 aliphatic rings. The first-order chi connectivity index (χ1) is 7.08. The summed E-state index contributed by atoms with van der Waals surface area (Å²) < 4.78 is 1.66. The molecule has 0 saturated carbocycles. The van der Waals surface area contributed by atoms with Gasteiger partial charge in [0.15, 0.2) is 0 Å². The largest absolute Gasteiger partial charge is 0.497 e. The normalized spacial score (nSPS) is 10.1. The highest BCUT2D eigenvalue weighted by Gasteiger charge is 2.20. The van der Waals surface area contributed by atoms with Crippen LogP contribution in [-0.4, -0.2) is 24.0 Å². The third kappa shape index (κ3) is 2.78. The van der Waals surface area contributed by atoms with E-state index in [-0.39, 0.29) is 6.03 Å². The van der Waals surface area contributed by atoms with E-state index >= 15 is 0 Å². The van der Waals surface area contributed by atoms with Crippen LogP contribution in [0.5, 0.6) is 0 Å². The summed E-state index contributed by atoms with van der Waals surface area (Å²) in [4.78, 5) is 13.8. The lowest BCUT2D eigenvalue weighted by Crippen LogP contribution is -2.52. The molecule has 1 heterocycles. The maximum Gasteiger partial charge on any atom is 0.497 e. The van der Waals surface area contributed by atoms with Gasteiger partial charge in [-0.15, -0.1) is 0 Å². The second-order valence-corrected chi connectivity index (χ2v) is 3.75. The van der Waals surface area contributed by atoms with Crippen LogP contribution >= 0.6 is 0 Å². The van der Waals surface area contributed by atoms with E-state index in [2.05, 4.69) is 6.07 Å². The lowest BCUT2D eigenvalue weighted by atomic mass is 10.2. The van der Waals surface area contributed by atoms with Crippen LogP contribution in [0.25, 0.3) is 0 Å². The van der Waals surface area contributed by atoms with E-state index in [4.69, 9.17) is 0 Å². The maximum absolute atomic E-state index is 12.0. The van der Waals surface area contributed by atoms with Crippen molar-refractivity contribution in [2.24, 2.45) is 0 Å². The summed E-state index contributed by atoms with van der Waals surface area (Å²) in [6.07, 6.45) is 3.74. The Bertz CT molecular complexity index is 336. The first-order valence-electron chi connectivity index (χ1n) is 5.37. The van der Waals surface area contributed by atoms with Gasteiger partial charge in [0.05, 0.1) is 13.1 Å². The van der Waals surface area contributed by atoms with E-state index in [1.54, 1.807) is 9.47 Å². The van der Waals surface area contributed by atoms with Crippen molar-refractivity contribution in [1.82, 2.24) is 4.90 Å². The predicted molar refractivity (Wildman–Crippen MR) is 59.8 cm³/mol. The average molecular weight is 207 g/mol. The minimum absolute atomic E-state index is 0.0480. The van der Waals surface area contributed by atoms with Gasteiger partial charge >= 0.3 is 6.03 Å². The molecule has 0 aliphatic carbocycles. The van der Waals surface area contributed by atoms with Crippen molar-refractivity contribution in [2.75, 3.05) is 13.1 Å². The van der Waals surface area contributed by atoms with E-state index in [1.165, 1.54) is 0 Å². The van der Waals surface area contributed by atoms with Gasteiger partial charge in [-0.25, -0.2) is 4.90 Å². The molecule has 1 aromatic rings. The van der Waals surface area contributed by atoms with Crippen molar-refractivity contribution in [3.8, 4) is 0 Å². The van der Waals surface area contributed by atoms with Crippen molar-refractivity contribution in [3.05, 3.63) is 29.6 Å². The van der Waals surface area contributed by atoms with E-state index in [0.29, 0.717) is 0 Å². The predicted octanol–water partition coefficient (Wildman–Crippen LogP) is 1.90. The van der Waals surface area contributed by atoms with Gasteiger partial charge in [-0.2, -0.15) is 9.36 Å². The number of carbonyl (C=O) groups is 1. The van der Waals surface area contributed by atoms with Gasteiger partial charge in [-0.05, 0) is 44.9 Å². The molecule has 0 atom stereocenters. The Morgan fingerprint density at radius 3 is 2.07 bits per heavy atom. The van der Waals surface area contributed by atoms with E-state index < -0.39 is 0 Å². The molecule has 0 aliphatic heterocycles. The summed E-state index contributed by atoms with van der Waals surface area (Å²) in [5.41, 5.74) is 2.21. The molecule has 0 radical (unpaired) electrons. The SMILES string of the molecule is CCN(CC)C(=O)[n+]1cc(C)cc(C)c1. The minimum Gasteiger partial charge on any atom is -0.226 e. The molecule has 1 aromatic heterocycles. The van der Waals surface area contributed by atoms with Crippen LogP contribution in [0.3, 0.4) is 0 Å². The number of rotatable bonds is 2. The van der Waals surface area contributed by atoms with Gasteiger partial charge in [0.1, 0.15) is 12.4 Å². The van der Waals surface area contributed by atoms with Crippen LogP contribution < -0.4 is 4.57 Å². The first kappa shape index (κ1) is 11.7. The second-order valence-electron chi connectivity index (χ2n) is 3.75. The Morgan fingerprint density at radius 1 is 1.20 bits per heavy atom. The lowest BCUT2D eigenvalue weighted by molar-refractivity contribution is -0.579. The quantitative estimate of drug-likeness (QED) is 0.680. The van der Waals surface area contributed by atoms with Crippen LogP contribution in [0.2, 0.25) is 0 Å². The van der Waals surface area contributed by atoms with Crippen molar-refractivity contribution >= 4 is 6.03 Å². The van der Waals surface area contributed by atoms with Crippen molar-refractivity contribution in [3.63, 3.8) is 0 Å². The summed E-state index contributed by atoms with van der Waals surface area (Å²) in [5, 5.41) is 0. The molecule has 3 heteroatoms. The highest BCUT2D eigenvalue weighted by Crippen LogP contribution is 1.98. The number of amides is 1. The molecule has 0 fully saturated rings. The van der Waals surface area contributed by atoms with Gasteiger partial charge in [-0.1, -0.05) is 0 Å². The van der Waals surface area contributed by atoms with Crippen LogP contribution in [0.4, 0.5) is 4.79 Å². The Kier molecular flexibility index (Phi) is 3.83. The number of aromatic nitrogens is 1. The number of pyridine rings is 1. The zero-order valence-electron chi connectivity index (χ0n) is 9.95. The Balaban J connectivity index is 3.00. The van der Waals surface area contributed by atoms with E-state index in [9.17, 15) is 4.79 Å². The molecule has 0 saturated heterocycles. The molecule has 15 heavy (non-hydrogen) atoms. The molecule has 0 aromatic carbocycles. The van der Waals surface area contributed by atoms with Gasteiger partial charge in [0, 0.05) is 0 Å². The van der Waals surface area contributed by atoms with E-state index in [0.717, 1.165) is 24.2 Å². The fourth-order valence-electron chi connectivity index (χ4n) is 1.68. The smallest absolute Gasteiger partial charge is 0.226 e. The molecule has 0 bridgehead atoms. The van der Waals surface area contributed by atoms with Gasteiger partial charge in [0.25, 0.3) is 0 Å². The molecule has 0 N–H and O–H groups in total. The minimum atomic E-state index is 0.0480. The average Bonchev–Trinajstić information content (AvgIpc) is 2.18. The third-order valence-corrected chi connectivity index (χ3v) is 2.40. The number of hydrogen-bond donors (Lipinski definition) is 0.